The van der Waals surface area contributed by atoms with Crippen LogP contribution in [0.5, 0.6) is 0 Å². The molecule has 0 radical (unpaired) electrons. The predicted molar refractivity (Wildman–Crippen MR) is 168 cm³/mol. The molecule has 3 aromatic carbocycles. The Kier molecular flexibility index (Phi) is 9.24. The number of hydrogen-bond donors (Lipinski definition) is 0. The number of pyridine rings is 2. The van der Waals surface area contributed by atoms with Gasteiger partial charge in [0.2, 0.25) is 0 Å². The second-order valence-corrected chi connectivity index (χ2v) is 10.5. The highest BCUT2D eigenvalue weighted by Gasteiger charge is 2.05. The second-order valence-electron chi connectivity index (χ2n) is 10.5. The number of hydrogen-bond acceptors (Lipinski definition) is 2. The molecule has 198 valence electrons. The van der Waals surface area contributed by atoms with Crippen LogP contribution in [0, 0.1) is 23.7 Å². The van der Waals surface area contributed by atoms with Crippen LogP contribution >= 0.6 is 0 Å². The van der Waals surface area contributed by atoms with E-state index >= 15 is 0 Å². The largest absolute Gasteiger partial charge is 0.253 e. The summed E-state index contributed by atoms with van der Waals surface area (Å²) in [6.45, 7) is 4.48. The van der Waals surface area contributed by atoms with E-state index in [1.165, 1.54) is 49.7 Å². The van der Waals surface area contributed by atoms with E-state index in [9.17, 15) is 0 Å². The normalized spacial score (nSPS) is 10.7. The van der Waals surface area contributed by atoms with E-state index in [1.807, 2.05) is 12.4 Å². The van der Waals surface area contributed by atoms with Crippen molar-refractivity contribution in [2.75, 3.05) is 0 Å². The summed E-state index contributed by atoms with van der Waals surface area (Å²) in [5.74, 6) is 13.1. The maximum absolute atomic E-state index is 4.73. The van der Waals surface area contributed by atoms with Gasteiger partial charge in [0.25, 0.3) is 0 Å². The lowest BCUT2D eigenvalue weighted by atomic mass is 10.0. The summed E-state index contributed by atoms with van der Waals surface area (Å²) in [5, 5.41) is 2.08. The third-order valence-electron chi connectivity index (χ3n) is 7.25. The van der Waals surface area contributed by atoms with E-state index in [0.717, 1.165) is 56.9 Å². The lowest BCUT2D eigenvalue weighted by molar-refractivity contribution is 0.717. The average molecular weight is 521 g/mol. The van der Waals surface area contributed by atoms with Gasteiger partial charge in [0.1, 0.15) is 0 Å². The lowest BCUT2D eigenvalue weighted by Crippen LogP contribution is -1.89. The van der Waals surface area contributed by atoms with Gasteiger partial charge >= 0.3 is 0 Å². The molecule has 0 saturated heterocycles. The topological polar surface area (TPSA) is 25.8 Å². The molecule has 2 nitrogen and oxygen atoms in total. The minimum Gasteiger partial charge on any atom is -0.253 e. The molecule has 40 heavy (non-hydrogen) atoms. The molecular weight excluding hydrogens is 484 g/mol. The van der Waals surface area contributed by atoms with Crippen LogP contribution in [0.4, 0.5) is 0 Å². The second kappa shape index (κ2) is 13.6. The van der Waals surface area contributed by atoms with Crippen LogP contribution in [0.1, 0.15) is 85.8 Å². The number of benzene rings is 3. The van der Waals surface area contributed by atoms with Gasteiger partial charge in [0.15, 0.2) is 0 Å². The molecule has 2 heterocycles. The van der Waals surface area contributed by atoms with Crippen LogP contribution in [0.25, 0.3) is 21.8 Å². The van der Waals surface area contributed by atoms with E-state index in [2.05, 4.69) is 110 Å². The smallest absolute Gasteiger partial charge is 0.0965 e. The van der Waals surface area contributed by atoms with Gasteiger partial charge in [-0.2, -0.15) is 0 Å². The third-order valence-corrected chi connectivity index (χ3v) is 7.25. The van der Waals surface area contributed by atoms with Gasteiger partial charge in [-0.3, -0.25) is 9.97 Å². The van der Waals surface area contributed by atoms with E-state index in [4.69, 9.17) is 9.97 Å². The molecule has 0 N–H and O–H groups in total. The molecule has 0 atom stereocenters. The van der Waals surface area contributed by atoms with Crippen molar-refractivity contribution < 1.29 is 0 Å². The molecule has 0 amide bonds. The van der Waals surface area contributed by atoms with Gasteiger partial charge < -0.3 is 0 Å². The van der Waals surface area contributed by atoms with Crippen molar-refractivity contribution >= 4 is 21.8 Å². The van der Waals surface area contributed by atoms with Gasteiger partial charge in [-0.05, 0) is 73.2 Å². The molecule has 2 heteroatoms. The highest BCUT2D eigenvalue weighted by atomic mass is 14.7. The molecule has 0 aliphatic carbocycles. The van der Waals surface area contributed by atoms with E-state index in [1.54, 1.807) is 0 Å². The first-order valence-corrected chi connectivity index (χ1v) is 14.6. The summed E-state index contributed by atoms with van der Waals surface area (Å²) in [7, 11) is 0. The Morgan fingerprint density at radius 3 is 1.27 bits per heavy atom. The monoisotopic (exact) mass is 520 g/mol. The van der Waals surface area contributed by atoms with Crippen LogP contribution in [0.15, 0.2) is 85.2 Å². The Balaban J connectivity index is 1.29. The van der Waals surface area contributed by atoms with Crippen molar-refractivity contribution in [2.24, 2.45) is 0 Å². The van der Waals surface area contributed by atoms with Crippen molar-refractivity contribution in [1.82, 2.24) is 9.97 Å². The lowest BCUT2D eigenvalue weighted by Gasteiger charge is -2.04. The van der Waals surface area contributed by atoms with Gasteiger partial charge in [-0.15, -0.1) is 0 Å². The zero-order valence-electron chi connectivity index (χ0n) is 23.6. The Morgan fingerprint density at radius 2 is 0.875 bits per heavy atom. The molecule has 0 saturated carbocycles. The summed E-state index contributed by atoms with van der Waals surface area (Å²) in [5.41, 5.74) is 8.39. The van der Waals surface area contributed by atoms with E-state index in [-0.39, 0.29) is 0 Å². The number of fused-ring (bicyclic) bond motifs is 3. The van der Waals surface area contributed by atoms with E-state index < -0.39 is 0 Å². The zero-order chi connectivity index (χ0) is 27.6. The highest BCUT2D eigenvalue weighted by molar-refractivity contribution is 6.03. The fourth-order valence-electron chi connectivity index (χ4n) is 4.89. The maximum Gasteiger partial charge on any atom is 0.0965 e. The SMILES string of the molecule is CCCCCc1ccc(C#Cc2cnc3c(ccc4cc(C#Cc5ccc(CCCCC)cc5)cnc43)c2)cc1. The molecule has 2 aromatic heterocycles. The van der Waals surface area contributed by atoms with Crippen LogP contribution in [0.3, 0.4) is 0 Å². The van der Waals surface area contributed by atoms with Crippen molar-refractivity contribution in [3.05, 3.63) is 119 Å². The van der Waals surface area contributed by atoms with Gasteiger partial charge in [-0.1, -0.05) is 99.6 Å². The summed E-state index contributed by atoms with van der Waals surface area (Å²) in [4.78, 5) is 9.47. The molecule has 5 rings (SSSR count). The third kappa shape index (κ3) is 7.16. The number of nitrogens with zero attached hydrogens (tertiary/aromatic N) is 2. The molecule has 0 fully saturated rings. The first kappa shape index (κ1) is 27.2. The van der Waals surface area contributed by atoms with Gasteiger partial charge in [0, 0.05) is 45.4 Å². The van der Waals surface area contributed by atoms with Crippen molar-refractivity contribution in [2.45, 2.75) is 65.2 Å². The van der Waals surface area contributed by atoms with Gasteiger partial charge in [-0.25, -0.2) is 0 Å². The Hall–Kier alpha value is -4.40. The minimum atomic E-state index is 0.887. The number of rotatable bonds is 8. The minimum absolute atomic E-state index is 0.887. The first-order valence-electron chi connectivity index (χ1n) is 14.6. The summed E-state index contributed by atoms with van der Waals surface area (Å²) in [6, 6.07) is 25.6. The standard InChI is InChI=1S/C38H36N2/c1-3-5-7-9-29-11-15-31(16-12-29)19-21-33-25-35-23-24-36-26-34(28-40-38(36)37(35)39-27-33)22-20-32-17-13-30(14-18-32)10-8-6-4-2/h11-18,23-28H,3-10H2,1-2H3. The molecular formula is C38H36N2. The molecule has 0 spiro atoms. The summed E-state index contributed by atoms with van der Waals surface area (Å²) < 4.78 is 0. The van der Waals surface area contributed by atoms with Crippen LogP contribution in [-0.2, 0) is 12.8 Å². The maximum atomic E-state index is 4.73. The van der Waals surface area contributed by atoms with Crippen molar-refractivity contribution in [3.8, 4) is 23.7 Å². The Labute approximate surface area is 238 Å². The van der Waals surface area contributed by atoms with Gasteiger partial charge in [0.05, 0.1) is 11.0 Å². The zero-order valence-corrected chi connectivity index (χ0v) is 23.6. The number of aromatic nitrogens is 2. The molecule has 0 aliphatic rings. The molecule has 0 unspecified atom stereocenters. The average Bonchev–Trinajstić information content (AvgIpc) is 3.00. The number of unbranched alkanes of at least 4 members (excludes halogenated alkanes) is 4. The molecule has 0 bridgehead atoms. The highest BCUT2D eigenvalue weighted by Crippen LogP contribution is 2.23. The Bertz CT molecular complexity index is 1580. The first-order chi connectivity index (χ1) is 19.7. The Morgan fingerprint density at radius 1 is 0.475 bits per heavy atom. The van der Waals surface area contributed by atoms with Crippen molar-refractivity contribution in [3.63, 3.8) is 0 Å². The van der Waals surface area contributed by atoms with Crippen LogP contribution in [-0.4, -0.2) is 9.97 Å². The van der Waals surface area contributed by atoms with Crippen LogP contribution in [0.2, 0.25) is 0 Å². The fraction of sp³-hybridized carbons (Fsp3) is 0.263. The predicted octanol–water partition coefficient (Wildman–Crippen LogP) is 9.05. The fourth-order valence-corrected chi connectivity index (χ4v) is 4.89. The summed E-state index contributed by atoms with van der Waals surface area (Å²) >= 11 is 0. The molecule has 5 aromatic rings. The van der Waals surface area contributed by atoms with E-state index in [0.29, 0.717) is 0 Å². The quantitative estimate of drug-likeness (QED) is 0.116. The number of aryl methyl sites for hydroxylation is 2. The van der Waals surface area contributed by atoms with Crippen LogP contribution < -0.4 is 0 Å². The summed E-state index contributed by atoms with van der Waals surface area (Å²) in [6.07, 6.45) is 13.5. The molecule has 0 aliphatic heterocycles. The van der Waals surface area contributed by atoms with Crippen molar-refractivity contribution in [1.29, 1.82) is 0 Å².